The summed E-state index contributed by atoms with van der Waals surface area (Å²) in [5.74, 6) is -0.0738. The quantitative estimate of drug-likeness (QED) is 0.809. The van der Waals surface area contributed by atoms with Gasteiger partial charge in [0.2, 0.25) is 0 Å². The van der Waals surface area contributed by atoms with Gasteiger partial charge in [-0.3, -0.25) is 9.59 Å². The third-order valence-corrected chi connectivity index (χ3v) is 4.57. The SMILES string of the molecule is C[C@@H]1CCC[C@@H](C(=O)O)C1.C[C@H]1CCC[C@H](C(=O)O)C1. The summed E-state index contributed by atoms with van der Waals surface area (Å²) in [6, 6.07) is 0. The number of carbonyl (C=O) groups is 2. The smallest absolute Gasteiger partial charge is 0.306 e. The minimum Gasteiger partial charge on any atom is -0.481 e. The van der Waals surface area contributed by atoms with Crippen molar-refractivity contribution < 1.29 is 19.8 Å². The zero-order valence-electron chi connectivity index (χ0n) is 12.7. The Morgan fingerprint density at radius 1 is 0.750 bits per heavy atom. The van der Waals surface area contributed by atoms with Gasteiger partial charge in [-0.25, -0.2) is 0 Å². The first-order valence-corrected chi connectivity index (χ1v) is 7.85. The zero-order chi connectivity index (χ0) is 15.1. The molecule has 0 aromatic rings. The molecule has 0 heterocycles. The molecule has 0 spiro atoms. The molecule has 20 heavy (non-hydrogen) atoms. The van der Waals surface area contributed by atoms with Crippen LogP contribution in [-0.2, 0) is 9.59 Å². The second-order valence-corrected chi connectivity index (χ2v) is 6.61. The summed E-state index contributed by atoms with van der Waals surface area (Å²) in [6.07, 6.45) is 8.16. The molecule has 0 radical (unpaired) electrons. The minimum atomic E-state index is -0.605. The Hall–Kier alpha value is -1.06. The summed E-state index contributed by atoms with van der Waals surface area (Å²) in [7, 11) is 0. The predicted molar refractivity (Wildman–Crippen MR) is 77.5 cm³/mol. The van der Waals surface area contributed by atoms with E-state index in [1.165, 1.54) is 12.8 Å². The Balaban J connectivity index is 0.000000200. The van der Waals surface area contributed by atoms with E-state index in [1.807, 2.05) is 0 Å². The maximum absolute atomic E-state index is 10.5. The molecule has 116 valence electrons. The molecule has 0 unspecified atom stereocenters. The van der Waals surface area contributed by atoms with Crippen LogP contribution in [-0.4, -0.2) is 22.2 Å². The summed E-state index contributed by atoms with van der Waals surface area (Å²) >= 11 is 0. The van der Waals surface area contributed by atoms with Gasteiger partial charge in [-0.1, -0.05) is 39.5 Å². The first-order valence-electron chi connectivity index (χ1n) is 7.85. The monoisotopic (exact) mass is 284 g/mol. The molecule has 2 rings (SSSR count). The number of hydrogen-bond donors (Lipinski definition) is 2. The summed E-state index contributed by atoms with van der Waals surface area (Å²) in [4.78, 5) is 21.0. The molecule has 4 atom stereocenters. The second-order valence-electron chi connectivity index (χ2n) is 6.61. The lowest BCUT2D eigenvalue weighted by atomic mass is 9.83. The van der Waals surface area contributed by atoms with Crippen molar-refractivity contribution in [1.29, 1.82) is 0 Å². The highest BCUT2D eigenvalue weighted by Crippen LogP contribution is 2.29. The van der Waals surface area contributed by atoms with Gasteiger partial charge in [-0.15, -0.1) is 0 Å². The summed E-state index contributed by atoms with van der Waals surface area (Å²) < 4.78 is 0. The normalized spacial score (nSPS) is 33.7. The fourth-order valence-electron chi connectivity index (χ4n) is 3.32. The zero-order valence-corrected chi connectivity index (χ0v) is 12.7. The topological polar surface area (TPSA) is 74.6 Å². The van der Waals surface area contributed by atoms with Crippen LogP contribution in [0, 0.1) is 23.7 Å². The van der Waals surface area contributed by atoms with Crippen molar-refractivity contribution in [3.63, 3.8) is 0 Å². The van der Waals surface area contributed by atoms with E-state index in [-0.39, 0.29) is 11.8 Å². The first kappa shape index (κ1) is 17.0. The summed E-state index contributed by atoms with van der Waals surface area (Å²) in [6.45, 7) is 4.27. The molecule has 0 aliphatic heterocycles. The summed E-state index contributed by atoms with van der Waals surface area (Å²) in [5, 5.41) is 17.3. The Kier molecular flexibility index (Phi) is 7.03. The highest BCUT2D eigenvalue weighted by Gasteiger charge is 2.24. The predicted octanol–water partition coefficient (Wildman–Crippen LogP) is 3.79. The van der Waals surface area contributed by atoms with Crippen LogP contribution in [0.4, 0.5) is 0 Å². The maximum atomic E-state index is 10.5. The van der Waals surface area contributed by atoms with Gasteiger partial charge in [0, 0.05) is 0 Å². The van der Waals surface area contributed by atoms with Gasteiger partial charge in [0.15, 0.2) is 0 Å². The van der Waals surface area contributed by atoms with Crippen LogP contribution >= 0.6 is 0 Å². The third-order valence-electron chi connectivity index (χ3n) is 4.57. The number of rotatable bonds is 2. The van der Waals surface area contributed by atoms with Gasteiger partial charge in [-0.05, 0) is 37.5 Å². The molecule has 2 N–H and O–H groups in total. The van der Waals surface area contributed by atoms with Crippen molar-refractivity contribution in [1.82, 2.24) is 0 Å². The van der Waals surface area contributed by atoms with Crippen LogP contribution in [0.25, 0.3) is 0 Å². The van der Waals surface area contributed by atoms with Crippen LogP contribution in [0.5, 0.6) is 0 Å². The standard InChI is InChI=1S/2C8H14O2/c2*1-6-3-2-4-7(5-6)8(9)10/h2*6-7H,2-5H2,1H3,(H,9,10)/t2*6-,7-/m10/s1. The van der Waals surface area contributed by atoms with Gasteiger partial charge < -0.3 is 10.2 Å². The van der Waals surface area contributed by atoms with E-state index in [0.29, 0.717) is 11.8 Å². The van der Waals surface area contributed by atoms with Crippen LogP contribution in [0.3, 0.4) is 0 Å². The largest absolute Gasteiger partial charge is 0.481 e. The number of carboxylic acid groups (broad SMARTS) is 2. The van der Waals surface area contributed by atoms with E-state index in [9.17, 15) is 9.59 Å². The average molecular weight is 284 g/mol. The molecular formula is C16H28O4. The molecule has 0 amide bonds. The van der Waals surface area contributed by atoms with Crippen molar-refractivity contribution in [3.05, 3.63) is 0 Å². The van der Waals surface area contributed by atoms with Crippen molar-refractivity contribution in [2.24, 2.45) is 23.7 Å². The van der Waals surface area contributed by atoms with E-state index in [2.05, 4.69) is 13.8 Å². The Labute approximate surface area is 121 Å². The van der Waals surface area contributed by atoms with Crippen molar-refractivity contribution in [2.75, 3.05) is 0 Å². The van der Waals surface area contributed by atoms with Crippen LogP contribution < -0.4 is 0 Å². The molecule has 0 aromatic carbocycles. The minimum absolute atomic E-state index is 0.0521. The summed E-state index contributed by atoms with van der Waals surface area (Å²) in [5.41, 5.74) is 0. The number of carboxylic acids is 2. The van der Waals surface area contributed by atoms with Crippen molar-refractivity contribution >= 4 is 11.9 Å². The van der Waals surface area contributed by atoms with Crippen molar-refractivity contribution in [3.8, 4) is 0 Å². The number of hydrogen-bond acceptors (Lipinski definition) is 2. The first-order chi connectivity index (χ1) is 9.40. The van der Waals surface area contributed by atoms with E-state index in [4.69, 9.17) is 10.2 Å². The molecule has 4 nitrogen and oxygen atoms in total. The van der Waals surface area contributed by atoms with Gasteiger partial charge in [-0.2, -0.15) is 0 Å². The van der Waals surface area contributed by atoms with Crippen LogP contribution in [0.15, 0.2) is 0 Å². The van der Waals surface area contributed by atoms with E-state index < -0.39 is 11.9 Å². The lowest BCUT2D eigenvalue weighted by Crippen LogP contribution is -2.20. The maximum Gasteiger partial charge on any atom is 0.306 e. The van der Waals surface area contributed by atoms with Gasteiger partial charge in [0.1, 0.15) is 0 Å². The van der Waals surface area contributed by atoms with E-state index >= 15 is 0 Å². The Morgan fingerprint density at radius 3 is 1.30 bits per heavy atom. The van der Waals surface area contributed by atoms with Gasteiger partial charge in [0.05, 0.1) is 11.8 Å². The molecule has 0 aromatic heterocycles. The van der Waals surface area contributed by atoms with Crippen molar-refractivity contribution in [2.45, 2.75) is 65.2 Å². The second kappa shape index (κ2) is 8.28. The molecular weight excluding hydrogens is 256 g/mol. The molecule has 0 saturated heterocycles. The van der Waals surface area contributed by atoms with E-state index in [1.54, 1.807) is 0 Å². The number of aliphatic carboxylic acids is 2. The van der Waals surface area contributed by atoms with Gasteiger partial charge in [0.25, 0.3) is 0 Å². The molecule has 0 bridgehead atoms. The fourth-order valence-corrected chi connectivity index (χ4v) is 3.32. The highest BCUT2D eigenvalue weighted by molar-refractivity contribution is 5.70. The molecule has 2 saturated carbocycles. The Bertz CT molecular complexity index is 294. The van der Waals surface area contributed by atoms with Crippen LogP contribution in [0.2, 0.25) is 0 Å². The lowest BCUT2D eigenvalue weighted by molar-refractivity contribution is -0.144. The average Bonchev–Trinajstić information content (AvgIpc) is 2.39. The third kappa shape index (κ3) is 5.93. The molecule has 2 fully saturated rings. The fraction of sp³-hybridized carbons (Fsp3) is 0.875. The Morgan fingerprint density at radius 2 is 1.10 bits per heavy atom. The molecule has 2 aliphatic carbocycles. The van der Waals surface area contributed by atoms with Crippen LogP contribution in [0.1, 0.15) is 65.2 Å². The van der Waals surface area contributed by atoms with E-state index in [0.717, 1.165) is 38.5 Å². The molecule has 4 heteroatoms. The molecule has 2 aliphatic rings. The van der Waals surface area contributed by atoms with Gasteiger partial charge >= 0.3 is 11.9 Å². The highest BCUT2D eigenvalue weighted by atomic mass is 16.4. The lowest BCUT2D eigenvalue weighted by Gasteiger charge is -2.22.